The average Bonchev–Trinajstić information content (AvgIpc) is 2.64. The molecule has 3 N–H and O–H groups in total. The maximum atomic E-state index is 12.6. The number of hydrogen-bond acceptors (Lipinski definition) is 4. The Balaban J connectivity index is 1.47. The summed E-state index contributed by atoms with van der Waals surface area (Å²) in [5, 5.41) is 9.23. The van der Waals surface area contributed by atoms with Gasteiger partial charge in [-0.3, -0.25) is 4.79 Å². The third-order valence-electron chi connectivity index (χ3n) is 6.64. The molecule has 2 aliphatic carbocycles. The number of benzene rings is 1. The third-order valence-corrected chi connectivity index (χ3v) is 6.64. The Bertz CT molecular complexity index is 708. The molecule has 1 aromatic carbocycles. The van der Waals surface area contributed by atoms with Gasteiger partial charge in [0.2, 0.25) is 5.91 Å². The van der Waals surface area contributed by atoms with E-state index in [0.29, 0.717) is 29.9 Å². The average molecular weight is 389 g/mol. The lowest BCUT2D eigenvalue weighted by Gasteiger charge is -2.38. The largest absolute Gasteiger partial charge is 0.493 e. The predicted molar refractivity (Wildman–Crippen MR) is 107 cm³/mol. The Hall–Kier alpha value is -2.08. The van der Waals surface area contributed by atoms with Gasteiger partial charge in [0, 0.05) is 18.7 Å². The molecule has 3 rings (SSSR count). The lowest BCUT2D eigenvalue weighted by atomic mass is 9.78. The van der Waals surface area contributed by atoms with Crippen LogP contribution in [-0.2, 0) is 4.79 Å². The van der Waals surface area contributed by atoms with Crippen LogP contribution in [0.25, 0.3) is 0 Å². The van der Waals surface area contributed by atoms with E-state index in [9.17, 15) is 14.7 Å². The fourth-order valence-corrected chi connectivity index (χ4v) is 4.31. The zero-order valence-electron chi connectivity index (χ0n) is 16.9. The molecule has 2 aliphatic rings. The molecule has 0 unspecified atom stereocenters. The molecule has 0 aliphatic heterocycles. The molecule has 1 aromatic rings. The minimum atomic E-state index is -0.936. The quantitative estimate of drug-likeness (QED) is 0.748. The molecular formula is C22H32N2O4. The van der Waals surface area contributed by atoms with Crippen molar-refractivity contribution >= 4 is 11.9 Å². The smallest absolute Gasteiger partial charge is 0.336 e. The first kappa shape index (κ1) is 20.6. The monoisotopic (exact) mass is 388 g/mol. The second-order valence-electron chi connectivity index (χ2n) is 8.39. The van der Waals surface area contributed by atoms with Crippen molar-refractivity contribution in [2.75, 3.05) is 13.7 Å². The molecule has 0 spiro atoms. The zero-order chi connectivity index (χ0) is 20.3. The van der Waals surface area contributed by atoms with Gasteiger partial charge in [-0.25, -0.2) is 4.79 Å². The summed E-state index contributed by atoms with van der Waals surface area (Å²) in [5.74, 6) is 0.440. The fourth-order valence-electron chi connectivity index (χ4n) is 4.31. The number of nitrogens with two attached hydrogens (primary N) is 1. The summed E-state index contributed by atoms with van der Waals surface area (Å²) in [4.78, 5) is 25.7. The van der Waals surface area contributed by atoms with Crippen LogP contribution in [0, 0.1) is 18.8 Å². The summed E-state index contributed by atoms with van der Waals surface area (Å²) < 4.78 is 5.93. The van der Waals surface area contributed by atoms with E-state index in [2.05, 4.69) is 0 Å². The fraction of sp³-hybridized carbons (Fsp3) is 0.636. The number of aromatic carboxylic acids is 1. The van der Waals surface area contributed by atoms with Crippen LogP contribution >= 0.6 is 0 Å². The summed E-state index contributed by atoms with van der Waals surface area (Å²) in [6, 6.07) is 5.11. The van der Waals surface area contributed by atoms with E-state index in [1.807, 2.05) is 18.0 Å². The molecule has 6 nitrogen and oxygen atoms in total. The van der Waals surface area contributed by atoms with Gasteiger partial charge >= 0.3 is 5.97 Å². The van der Waals surface area contributed by atoms with E-state index in [1.165, 1.54) is 6.42 Å². The van der Waals surface area contributed by atoms with Crippen molar-refractivity contribution in [2.45, 2.75) is 64.0 Å². The molecule has 1 amide bonds. The van der Waals surface area contributed by atoms with Crippen LogP contribution in [0.1, 0.15) is 60.9 Å². The molecule has 0 aromatic heterocycles. The molecular weight excluding hydrogens is 356 g/mol. The van der Waals surface area contributed by atoms with Crippen molar-refractivity contribution in [1.29, 1.82) is 0 Å². The lowest BCUT2D eigenvalue weighted by molar-refractivity contribution is -0.136. The standard InChI is InChI=1S/C22H32N2O4/c1-14-18(22(26)27)7-4-8-19(14)28-13-15-9-11-16(12-10-15)20(23)21(25)24(2)17-5-3-6-17/h4,7-8,15-17,20H,3,5-6,9-13,23H2,1-2H3,(H,26,27)/t15-,16-,20-/m0/s1. The number of carbonyl (C=O) groups is 2. The number of amides is 1. The Morgan fingerprint density at radius 3 is 2.46 bits per heavy atom. The van der Waals surface area contributed by atoms with Crippen LogP contribution in [0.15, 0.2) is 18.2 Å². The first-order valence-corrected chi connectivity index (χ1v) is 10.4. The van der Waals surface area contributed by atoms with E-state index in [4.69, 9.17) is 10.5 Å². The Morgan fingerprint density at radius 1 is 1.21 bits per heavy atom. The summed E-state index contributed by atoms with van der Waals surface area (Å²) in [5.41, 5.74) is 7.25. The number of carbonyl (C=O) groups excluding carboxylic acids is 1. The van der Waals surface area contributed by atoms with Crippen LogP contribution in [0.3, 0.4) is 0 Å². The summed E-state index contributed by atoms with van der Waals surface area (Å²) >= 11 is 0. The number of rotatable bonds is 7. The van der Waals surface area contributed by atoms with Crippen molar-refractivity contribution in [3.8, 4) is 5.75 Å². The first-order chi connectivity index (χ1) is 13.4. The van der Waals surface area contributed by atoms with Crippen molar-refractivity contribution in [3.05, 3.63) is 29.3 Å². The van der Waals surface area contributed by atoms with Crippen molar-refractivity contribution in [1.82, 2.24) is 4.90 Å². The van der Waals surface area contributed by atoms with Crippen molar-refractivity contribution < 1.29 is 19.4 Å². The number of nitrogens with zero attached hydrogens (tertiary/aromatic N) is 1. The third kappa shape index (κ3) is 4.49. The van der Waals surface area contributed by atoms with Crippen molar-refractivity contribution in [2.24, 2.45) is 17.6 Å². The Kier molecular flexibility index (Phi) is 6.60. The molecule has 2 saturated carbocycles. The molecule has 0 saturated heterocycles. The normalized spacial score (nSPS) is 23.5. The van der Waals surface area contributed by atoms with Gasteiger partial charge in [0.15, 0.2) is 0 Å². The highest BCUT2D eigenvalue weighted by Crippen LogP contribution is 2.33. The van der Waals surface area contributed by atoms with Gasteiger partial charge in [-0.2, -0.15) is 0 Å². The van der Waals surface area contributed by atoms with Gasteiger partial charge in [-0.1, -0.05) is 6.07 Å². The van der Waals surface area contributed by atoms with Gasteiger partial charge in [-0.15, -0.1) is 0 Å². The van der Waals surface area contributed by atoms with Crippen LogP contribution in [0.2, 0.25) is 0 Å². The van der Waals surface area contributed by atoms with Crippen molar-refractivity contribution in [3.63, 3.8) is 0 Å². The minimum Gasteiger partial charge on any atom is -0.493 e. The molecule has 2 fully saturated rings. The zero-order valence-corrected chi connectivity index (χ0v) is 16.9. The number of hydrogen-bond donors (Lipinski definition) is 2. The van der Waals surface area contributed by atoms with E-state index >= 15 is 0 Å². The Morgan fingerprint density at radius 2 is 1.89 bits per heavy atom. The molecule has 6 heteroatoms. The number of carboxylic acid groups (broad SMARTS) is 1. The highest BCUT2D eigenvalue weighted by molar-refractivity contribution is 5.90. The predicted octanol–water partition coefficient (Wildman–Crippen LogP) is 3.22. The van der Waals surface area contributed by atoms with Crippen LogP contribution in [0.4, 0.5) is 0 Å². The molecule has 0 bridgehead atoms. The Labute approximate surface area is 167 Å². The maximum Gasteiger partial charge on any atom is 0.336 e. The first-order valence-electron chi connectivity index (χ1n) is 10.4. The van der Waals surface area contributed by atoms with Gasteiger partial charge in [0.05, 0.1) is 18.2 Å². The SMILES string of the molecule is Cc1c(OC[C@H]2CC[C@H]([C@H](N)C(=O)N(C)C3CCC3)CC2)cccc1C(=O)O. The van der Waals surface area contributed by atoms with E-state index in [-0.39, 0.29) is 17.4 Å². The molecule has 0 radical (unpaired) electrons. The molecule has 1 atom stereocenters. The van der Waals surface area contributed by atoms with E-state index in [0.717, 1.165) is 38.5 Å². The minimum absolute atomic E-state index is 0.0884. The molecule has 0 heterocycles. The molecule has 154 valence electrons. The van der Waals surface area contributed by atoms with Crippen LogP contribution in [-0.4, -0.2) is 47.6 Å². The second-order valence-corrected chi connectivity index (χ2v) is 8.39. The maximum absolute atomic E-state index is 12.6. The summed E-state index contributed by atoms with van der Waals surface area (Å²) in [6.07, 6.45) is 7.24. The highest BCUT2D eigenvalue weighted by atomic mass is 16.5. The van der Waals surface area contributed by atoms with Gasteiger partial charge in [0.25, 0.3) is 0 Å². The lowest BCUT2D eigenvalue weighted by Crippen LogP contribution is -2.52. The number of likely N-dealkylation sites (N-methyl/N-ethyl adjacent to an activating group) is 1. The second kappa shape index (κ2) is 8.95. The van der Waals surface area contributed by atoms with E-state index < -0.39 is 12.0 Å². The number of carboxylic acids is 1. The summed E-state index contributed by atoms with van der Waals surface area (Å²) in [6.45, 7) is 2.35. The van der Waals surface area contributed by atoms with Crippen LogP contribution < -0.4 is 10.5 Å². The number of ether oxygens (including phenoxy) is 1. The highest BCUT2D eigenvalue weighted by Gasteiger charge is 2.34. The van der Waals surface area contributed by atoms with Gasteiger partial charge in [-0.05, 0) is 75.8 Å². The van der Waals surface area contributed by atoms with Gasteiger partial charge in [0.1, 0.15) is 5.75 Å². The van der Waals surface area contributed by atoms with Gasteiger partial charge < -0.3 is 20.5 Å². The van der Waals surface area contributed by atoms with Crippen LogP contribution in [0.5, 0.6) is 5.75 Å². The summed E-state index contributed by atoms with van der Waals surface area (Å²) in [7, 11) is 1.89. The topological polar surface area (TPSA) is 92.9 Å². The molecule has 28 heavy (non-hydrogen) atoms. The van der Waals surface area contributed by atoms with E-state index in [1.54, 1.807) is 19.1 Å².